The highest BCUT2D eigenvalue weighted by atomic mass is 19.1. The third kappa shape index (κ3) is 3.94. The highest BCUT2D eigenvalue weighted by Gasteiger charge is 2.23. The number of benzene rings is 1. The molecule has 1 aromatic carbocycles. The van der Waals surface area contributed by atoms with Gasteiger partial charge in [0.25, 0.3) is 5.91 Å². The second-order valence-corrected chi connectivity index (χ2v) is 5.06. The fourth-order valence-electron chi connectivity index (χ4n) is 1.92. The number of carbonyl (C=O) groups is 2. The fraction of sp³-hybridized carbons (Fsp3) is 0.250. The molecule has 0 aliphatic rings. The van der Waals surface area contributed by atoms with E-state index in [1.165, 1.54) is 35.4 Å². The summed E-state index contributed by atoms with van der Waals surface area (Å²) in [6.45, 7) is 3.51. The molecule has 5 nitrogen and oxygen atoms in total. The van der Waals surface area contributed by atoms with Crippen LogP contribution in [0.3, 0.4) is 0 Å². The molecule has 1 heterocycles. The largest absolute Gasteiger partial charge is 0.459 e. The summed E-state index contributed by atoms with van der Waals surface area (Å²) < 4.78 is 17.9. The number of nitrogens with one attached hydrogen (secondary N) is 1. The van der Waals surface area contributed by atoms with Crippen LogP contribution in [0.5, 0.6) is 0 Å². The van der Waals surface area contributed by atoms with Crippen LogP contribution in [0.25, 0.3) is 0 Å². The van der Waals surface area contributed by atoms with Crippen LogP contribution in [0.1, 0.15) is 24.4 Å². The molecule has 0 saturated carbocycles. The van der Waals surface area contributed by atoms with Gasteiger partial charge in [-0.05, 0) is 50.2 Å². The van der Waals surface area contributed by atoms with Crippen LogP contribution in [-0.4, -0.2) is 29.3 Å². The Bertz CT molecular complexity index is 636. The van der Waals surface area contributed by atoms with Gasteiger partial charge in [-0.3, -0.25) is 9.59 Å². The predicted molar refractivity (Wildman–Crippen MR) is 79.9 cm³/mol. The lowest BCUT2D eigenvalue weighted by molar-refractivity contribution is -0.117. The van der Waals surface area contributed by atoms with E-state index < -0.39 is 0 Å². The number of anilines is 1. The van der Waals surface area contributed by atoms with Crippen LogP contribution < -0.4 is 5.32 Å². The topological polar surface area (TPSA) is 62.6 Å². The zero-order chi connectivity index (χ0) is 16.1. The minimum Gasteiger partial charge on any atom is -0.459 e. The van der Waals surface area contributed by atoms with Gasteiger partial charge >= 0.3 is 0 Å². The standard InChI is InChI=1S/C16H17FN2O3/c1-11(2)19(16(21)14-4-3-9-22-14)10-15(20)18-13-7-5-12(17)6-8-13/h3-9,11H,10H2,1-2H3,(H,18,20). The molecule has 1 N–H and O–H groups in total. The van der Waals surface area contributed by atoms with Gasteiger partial charge in [0.2, 0.25) is 5.91 Å². The summed E-state index contributed by atoms with van der Waals surface area (Å²) in [5.41, 5.74) is 0.473. The minimum atomic E-state index is -0.380. The van der Waals surface area contributed by atoms with Crippen molar-refractivity contribution < 1.29 is 18.4 Å². The molecule has 0 unspecified atom stereocenters. The first kappa shape index (κ1) is 15.8. The Hall–Kier alpha value is -2.63. The first-order chi connectivity index (χ1) is 10.5. The molecule has 0 saturated heterocycles. The number of hydrogen-bond donors (Lipinski definition) is 1. The van der Waals surface area contributed by atoms with Gasteiger partial charge in [0, 0.05) is 11.7 Å². The average Bonchev–Trinajstić information content (AvgIpc) is 3.00. The van der Waals surface area contributed by atoms with E-state index in [2.05, 4.69) is 5.32 Å². The van der Waals surface area contributed by atoms with Crippen molar-refractivity contribution in [1.29, 1.82) is 0 Å². The molecule has 2 rings (SSSR count). The monoisotopic (exact) mass is 304 g/mol. The Morgan fingerprint density at radius 3 is 2.45 bits per heavy atom. The number of furan rings is 1. The summed E-state index contributed by atoms with van der Waals surface area (Å²) in [5.74, 6) is -0.910. The van der Waals surface area contributed by atoms with Gasteiger partial charge in [0.05, 0.1) is 6.26 Å². The quantitative estimate of drug-likeness (QED) is 0.924. The summed E-state index contributed by atoms with van der Waals surface area (Å²) in [5, 5.41) is 2.62. The van der Waals surface area contributed by atoms with E-state index in [0.29, 0.717) is 5.69 Å². The van der Waals surface area contributed by atoms with E-state index in [0.717, 1.165) is 0 Å². The van der Waals surface area contributed by atoms with E-state index in [9.17, 15) is 14.0 Å². The molecule has 0 radical (unpaired) electrons. The predicted octanol–water partition coefficient (Wildman–Crippen LogP) is 2.91. The van der Waals surface area contributed by atoms with Crippen LogP contribution in [0.2, 0.25) is 0 Å². The Kier molecular flexibility index (Phi) is 4.93. The summed E-state index contributed by atoms with van der Waals surface area (Å²) in [4.78, 5) is 25.7. The van der Waals surface area contributed by atoms with Crippen molar-refractivity contribution in [2.45, 2.75) is 19.9 Å². The molecule has 116 valence electrons. The van der Waals surface area contributed by atoms with Crippen LogP contribution in [-0.2, 0) is 4.79 Å². The normalized spacial score (nSPS) is 10.5. The van der Waals surface area contributed by atoms with Gasteiger partial charge in [0.15, 0.2) is 5.76 Å². The third-order valence-corrected chi connectivity index (χ3v) is 3.06. The molecule has 1 aromatic heterocycles. The number of hydrogen-bond acceptors (Lipinski definition) is 3. The molecular formula is C16H17FN2O3. The van der Waals surface area contributed by atoms with E-state index in [1.807, 2.05) is 13.8 Å². The van der Waals surface area contributed by atoms with Crippen molar-refractivity contribution >= 4 is 17.5 Å². The van der Waals surface area contributed by atoms with Crippen molar-refractivity contribution in [2.75, 3.05) is 11.9 Å². The molecule has 22 heavy (non-hydrogen) atoms. The van der Waals surface area contributed by atoms with Gasteiger partial charge in [0.1, 0.15) is 12.4 Å². The molecule has 6 heteroatoms. The Morgan fingerprint density at radius 1 is 1.23 bits per heavy atom. The molecule has 2 aromatic rings. The SMILES string of the molecule is CC(C)N(CC(=O)Nc1ccc(F)cc1)C(=O)c1ccco1. The summed E-state index contributed by atoms with van der Waals surface area (Å²) >= 11 is 0. The van der Waals surface area contributed by atoms with E-state index in [4.69, 9.17) is 4.42 Å². The lowest BCUT2D eigenvalue weighted by Gasteiger charge is -2.25. The molecule has 0 bridgehead atoms. The second kappa shape index (κ2) is 6.89. The van der Waals surface area contributed by atoms with Crippen LogP contribution in [0.4, 0.5) is 10.1 Å². The lowest BCUT2D eigenvalue weighted by Crippen LogP contribution is -2.42. The average molecular weight is 304 g/mol. The molecule has 0 aliphatic heterocycles. The summed E-state index contributed by atoms with van der Waals surface area (Å²) in [6, 6.07) is 8.42. The molecular weight excluding hydrogens is 287 g/mol. The highest BCUT2D eigenvalue weighted by Crippen LogP contribution is 2.11. The Balaban J connectivity index is 2.03. The van der Waals surface area contributed by atoms with Crippen molar-refractivity contribution in [3.8, 4) is 0 Å². The second-order valence-electron chi connectivity index (χ2n) is 5.06. The van der Waals surface area contributed by atoms with Gasteiger partial charge in [-0.15, -0.1) is 0 Å². The zero-order valence-corrected chi connectivity index (χ0v) is 12.4. The summed E-state index contributed by atoms with van der Waals surface area (Å²) in [6.07, 6.45) is 1.41. The van der Waals surface area contributed by atoms with Crippen LogP contribution >= 0.6 is 0 Å². The molecule has 0 fully saturated rings. The fourth-order valence-corrected chi connectivity index (χ4v) is 1.92. The first-order valence-corrected chi connectivity index (χ1v) is 6.87. The van der Waals surface area contributed by atoms with Gasteiger partial charge < -0.3 is 14.6 Å². The molecule has 2 amide bonds. The van der Waals surface area contributed by atoms with E-state index in [-0.39, 0.29) is 36.0 Å². The van der Waals surface area contributed by atoms with Crippen molar-refractivity contribution in [3.05, 3.63) is 54.2 Å². The smallest absolute Gasteiger partial charge is 0.290 e. The lowest BCUT2D eigenvalue weighted by atomic mass is 10.2. The minimum absolute atomic E-state index is 0.116. The number of carbonyl (C=O) groups excluding carboxylic acids is 2. The van der Waals surface area contributed by atoms with E-state index in [1.54, 1.807) is 12.1 Å². The Labute approximate surface area is 127 Å². The van der Waals surface area contributed by atoms with Crippen LogP contribution in [0.15, 0.2) is 47.1 Å². The molecule has 0 atom stereocenters. The van der Waals surface area contributed by atoms with Gasteiger partial charge in [-0.1, -0.05) is 0 Å². The maximum absolute atomic E-state index is 12.8. The zero-order valence-electron chi connectivity index (χ0n) is 12.4. The third-order valence-electron chi connectivity index (χ3n) is 3.06. The number of rotatable bonds is 5. The highest BCUT2D eigenvalue weighted by molar-refractivity contribution is 5.98. The van der Waals surface area contributed by atoms with Gasteiger partial charge in [-0.2, -0.15) is 0 Å². The van der Waals surface area contributed by atoms with Crippen molar-refractivity contribution in [3.63, 3.8) is 0 Å². The number of amides is 2. The van der Waals surface area contributed by atoms with E-state index >= 15 is 0 Å². The molecule has 0 aliphatic carbocycles. The molecule has 0 spiro atoms. The summed E-state index contributed by atoms with van der Waals surface area (Å²) in [7, 11) is 0. The number of nitrogens with zero attached hydrogens (tertiary/aromatic N) is 1. The van der Waals surface area contributed by atoms with Crippen LogP contribution in [0, 0.1) is 5.82 Å². The number of halogens is 1. The maximum Gasteiger partial charge on any atom is 0.290 e. The van der Waals surface area contributed by atoms with Crippen molar-refractivity contribution in [2.24, 2.45) is 0 Å². The first-order valence-electron chi connectivity index (χ1n) is 6.87. The Morgan fingerprint density at radius 2 is 1.91 bits per heavy atom. The maximum atomic E-state index is 12.8. The van der Waals surface area contributed by atoms with Crippen molar-refractivity contribution in [1.82, 2.24) is 4.90 Å². The van der Waals surface area contributed by atoms with Gasteiger partial charge in [-0.25, -0.2) is 4.39 Å².